The van der Waals surface area contributed by atoms with E-state index in [1.54, 1.807) is 66.7 Å². The smallest absolute Gasteiger partial charge is 0.266 e. The minimum Gasteiger partial charge on any atom is -0.495 e. The fourth-order valence-corrected chi connectivity index (χ4v) is 4.60. The molecule has 0 unspecified atom stereocenters. The molecule has 0 aliphatic rings. The summed E-state index contributed by atoms with van der Waals surface area (Å²) in [5.41, 5.74) is 1.61. The summed E-state index contributed by atoms with van der Waals surface area (Å²) in [4.78, 5) is 31.0. The average molecular weight is 483 g/mol. The van der Waals surface area contributed by atoms with Gasteiger partial charge in [0.15, 0.2) is 5.16 Å². The maximum Gasteiger partial charge on any atom is 0.266 e. The number of rotatable bonds is 6. The molecule has 0 aliphatic carbocycles. The first-order chi connectivity index (χ1) is 17.1. The Hall–Kier alpha value is -4.55. The van der Waals surface area contributed by atoms with Crippen molar-refractivity contribution in [1.29, 1.82) is 5.26 Å². The molecule has 1 amide bonds. The Bertz CT molecular complexity index is 1680. The lowest BCUT2D eigenvalue weighted by molar-refractivity contribution is -0.113. The summed E-state index contributed by atoms with van der Waals surface area (Å²) in [7, 11) is 1.53. The zero-order chi connectivity index (χ0) is 24.4. The third-order valence-corrected chi connectivity index (χ3v) is 6.30. The van der Waals surface area contributed by atoms with Crippen LogP contribution in [-0.2, 0) is 4.79 Å². The SMILES string of the molecule is COc1ccccc1-n1c(SCC(=O)Nc2c(C#N)oc3ccccc23)nc2ccccc2c1=O. The normalized spacial score (nSPS) is 10.9. The molecular weight excluding hydrogens is 464 g/mol. The van der Waals surface area contributed by atoms with Crippen LogP contribution in [0.1, 0.15) is 5.76 Å². The number of amides is 1. The lowest BCUT2D eigenvalue weighted by atomic mass is 10.2. The van der Waals surface area contributed by atoms with Crippen LogP contribution in [0.4, 0.5) is 5.69 Å². The van der Waals surface area contributed by atoms with Crippen molar-refractivity contribution in [2.45, 2.75) is 5.16 Å². The predicted molar refractivity (Wildman–Crippen MR) is 134 cm³/mol. The van der Waals surface area contributed by atoms with Crippen LogP contribution in [0.15, 0.2) is 87.2 Å². The zero-order valence-electron chi connectivity index (χ0n) is 18.5. The highest BCUT2D eigenvalue weighted by Gasteiger charge is 2.19. The molecule has 0 radical (unpaired) electrons. The van der Waals surface area contributed by atoms with Crippen LogP contribution in [-0.4, -0.2) is 28.3 Å². The Morgan fingerprint density at radius 1 is 1.09 bits per heavy atom. The van der Waals surface area contributed by atoms with Crippen LogP contribution in [0.3, 0.4) is 0 Å². The molecule has 0 atom stereocenters. The first-order valence-corrected chi connectivity index (χ1v) is 11.6. The number of nitriles is 1. The fourth-order valence-electron chi connectivity index (χ4n) is 3.79. The Labute approximate surface area is 203 Å². The van der Waals surface area contributed by atoms with Crippen molar-refractivity contribution in [2.24, 2.45) is 0 Å². The van der Waals surface area contributed by atoms with Gasteiger partial charge in [-0.3, -0.25) is 14.2 Å². The molecule has 0 bridgehead atoms. The van der Waals surface area contributed by atoms with Crippen molar-refractivity contribution >= 4 is 45.2 Å². The third-order valence-electron chi connectivity index (χ3n) is 5.36. The second-order valence-corrected chi connectivity index (χ2v) is 8.42. The number of aromatic nitrogens is 2. The standard InChI is InChI=1S/C26H18N4O4S/c1-33-21-13-7-5-11-19(21)30-25(32)16-8-2-4-10-18(16)28-26(30)35-15-23(31)29-24-17-9-3-6-12-20(17)34-22(24)14-27/h2-13H,15H2,1H3,(H,29,31). The van der Waals surface area contributed by atoms with Crippen molar-refractivity contribution in [3.05, 3.63) is 88.9 Å². The number of nitrogens with zero attached hydrogens (tertiary/aromatic N) is 3. The molecular formula is C26H18N4O4S. The van der Waals surface area contributed by atoms with Crippen molar-refractivity contribution in [3.8, 4) is 17.5 Å². The number of nitrogens with one attached hydrogen (secondary N) is 1. The number of furan rings is 1. The molecule has 1 N–H and O–H groups in total. The van der Waals surface area contributed by atoms with E-state index in [4.69, 9.17) is 9.15 Å². The molecule has 9 heteroatoms. The molecule has 0 aliphatic heterocycles. The Kier molecular flexibility index (Phi) is 5.95. The molecule has 0 saturated carbocycles. The maximum absolute atomic E-state index is 13.5. The lowest BCUT2D eigenvalue weighted by Gasteiger charge is -2.15. The van der Waals surface area contributed by atoms with Crippen molar-refractivity contribution in [3.63, 3.8) is 0 Å². The number of ether oxygens (including phenoxy) is 1. The summed E-state index contributed by atoms with van der Waals surface area (Å²) in [6.07, 6.45) is 0. The first-order valence-electron chi connectivity index (χ1n) is 10.6. The average Bonchev–Trinajstić information content (AvgIpc) is 3.25. The molecule has 5 aromatic rings. The second-order valence-electron chi connectivity index (χ2n) is 7.47. The van der Waals surface area contributed by atoms with Crippen LogP contribution in [0.25, 0.3) is 27.6 Å². The third kappa shape index (κ3) is 4.11. The predicted octanol–water partition coefficient (Wildman–Crippen LogP) is 4.74. The van der Waals surface area contributed by atoms with Gasteiger partial charge in [0.2, 0.25) is 11.7 Å². The van der Waals surface area contributed by atoms with Crippen molar-refractivity contribution in [2.75, 3.05) is 18.2 Å². The van der Waals surface area contributed by atoms with Gasteiger partial charge in [-0.2, -0.15) is 5.26 Å². The van der Waals surface area contributed by atoms with Gasteiger partial charge in [-0.25, -0.2) is 4.98 Å². The van der Waals surface area contributed by atoms with Crippen molar-refractivity contribution in [1.82, 2.24) is 9.55 Å². The zero-order valence-corrected chi connectivity index (χ0v) is 19.3. The van der Waals surface area contributed by atoms with E-state index in [2.05, 4.69) is 10.3 Å². The monoisotopic (exact) mass is 482 g/mol. The van der Waals surface area contributed by atoms with Gasteiger partial charge in [-0.15, -0.1) is 0 Å². The molecule has 2 aromatic heterocycles. The highest BCUT2D eigenvalue weighted by Crippen LogP contribution is 2.31. The number of anilines is 1. The van der Waals surface area contributed by atoms with E-state index in [1.807, 2.05) is 12.1 Å². The summed E-state index contributed by atoms with van der Waals surface area (Å²) >= 11 is 1.11. The van der Waals surface area contributed by atoms with Gasteiger partial charge in [0, 0.05) is 5.39 Å². The number of fused-ring (bicyclic) bond motifs is 2. The van der Waals surface area contributed by atoms with Crippen molar-refractivity contribution < 1.29 is 13.9 Å². The number of methoxy groups -OCH3 is 1. The van der Waals surface area contributed by atoms with Crippen LogP contribution < -0.4 is 15.6 Å². The van der Waals surface area contributed by atoms with E-state index < -0.39 is 0 Å². The van der Waals surface area contributed by atoms with Gasteiger partial charge < -0.3 is 14.5 Å². The number of para-hydroxylation sites is 4. The highest BCUT2D eigenvalue weighted by molar-refractivity contribution is 7.99. The van der Waals surface area contributed by atoms with Crippen LogP contribution in [0.2, 0.25) is 0 Å². The highest BCUT2D eigenvalue weighted by atomic mass is 32.2. The summed E-state index contributed by atoms with van der Waals surface area (Å²) in [5, 5.41) is 13.6. The molecule has 3 aromatic carbocycles. The van der Waals surface area contributed by atoms with Gasteiger partial charge >= 0.3 is 0 Å². The molecule has 0 fully saturated rings. The minimum atomic E-state index is -0.368. The van der Waals surface area contributed by atoms with Gasteiger partial charge in [-0.1, -0.05) is 48.2 Å². The quantitative estimate of drug-likeness (QED) is 0.275. The topological polar surface area (TPSA) is 110 Å². The molecule has 8 nitrogen and oxygen atoms in total. The number of hydrogen-bond acceptors (Lipinski definition) is 7. The van der Waals surface area contributed by atoms with Gasteiger partial charge in [-0.05, 0) is 36.4 Å². The largest absolute Gasteiger partial charge is 0.495 e. The van der Waals surface area contributed by atoms with E-state index in [0.29, 0.717) is 44.2 Å². The van der Waals surface area contributed by atoms with Gasteiger partial charge in [0.25, 0.3) is 5.56 Å². The Morgan fingerprint density at radius 2 is 1.80 bits per heavy atom. The minimum absolute atomic E-state index is 0.0271. The Balaban J connectivity index is 1.51. The lowest BCUT2D eigenvalue weighted by Crippen LogP contribution is -2.23. The number of benzene rings is 3. The number of carbonyl (C=O) groups excluding carboxylic acids is 1. The Morgan fingerprint density at radius 3 is 2.60 bits per heavy atom. The van der Waals surface area contributed by atoms with E-state index in [-0.39, 0.29) is 23.0 Å². The maximum atomic E-state index is 13.5. The van der Waals surface area contributed by atoms with E-state index >= 15 is 0 Å². The van der Waals surface area contributed by atoms with Crippen LogP contribution in [0.5, 0.6) is 5.75 Å². The molecule has 0 saturated heterocycles. The van der Waals surface area contributed by atoms with E-state index in [9.17, 15) is 14.9 Å². The van der Waals surface area contributed by atoms with E-state index in [1.165, 1.54) is 11.7 Å². The molecule has 2 heterocycles. The summed E-state index contributed by atoms with van der Waals surface area (Å²) in [6.45, 7) is 0. The number of carbonyl (C=O) groups is 1. The first kappa shape index (κ1) is 22.3. The van der Waals surface area contributed by atoms with Crippen LogP contribution in [0, 0.1) is 11.3 Å². The molecule has 5 rings (SSSR count). The fraction of sp³-hybridized carbons (Fsp3) is 0.0769. The second kappa shape index (κ2) is 9.37. The molecule has 0 spiro atoms. The van der Waals surface area contributed by atoms with Crippen LogP contribution >= 0.6 is 11.8 Å². The summed E-state index contributed by atoms with van der Waals surface area (Å²) < 4.78 is 12.4. The molecule has 35 heavy (non-hydrogen) atoms. The summed E-state index contributed by atoms with van der Waals surface area (Å²) in [5.74, 6) is 0.109. The number of hydrogen-bond donors (Lipinski definition) is 1. The van der Waals surface area contributed by atoms with Gasteiger partial charge in [0.1, 0.15) is 23.1 Å². The summed E-state index contributed by atoms with van der Waals surface area (Å²) in [6, 6.07) is 23.2. The molecule has 172 valence electrons. The number of thioether (sulfide) groups is 1. The van der Waals surface area contributed by atoms with Gasteiger partial charge in [0.05, 0.1) is 29.5 Å². The van der Waals surface area contributed by atoms with E-state index in [0.717, 1.165) is 11.8 Å².